The Kier molecular flexibility index (Phi) is 6.26. The van der Waals surface area contributed by atoms with E-state index in [0.29, 0.717) is 18.0 Å². The number of nitrogens with one attached hydrogen (secondary N) is 1. The van der Waals surface area contributed by atoms with Crippen LogP contribution in [0.4, 0.5) is 11.4 Å². The quantitative estimate of drug-likeness (QED) is 0.463. The zero-order chi connectivity index (χ0) is 19.1. The topological polar surface area (TPSA) is 108 Å². The number of hydrogen-bond acceptors (Lipinski definition) is 6. The van der Waals surface area contributed by atoms with E-state index in [-0.39, 0.29) is 16.8 Å². The molecule has 2 aromatic rings. The van der Waals surface area contributed by atoms with Gasteiger partial charge in [0.2, 0.25) is 0 Å². The summed E-state index contributed by atoms with van der Waals surface area (Å²) < 4.78 is 10.4. The maximum atomic E-state index is 12.1. The minimum Gasteiger partial charge on any atom is -0.492 e. The summed E-state index contributed by atoms with van der Waals surface area (Å²) in [6, 6.07) is 11.0. The number of anilines is 1. The number of hydrogen-bond donors (Lipinski definition) is 1. The molecule has 2 rings (SSSR count). The van der Waals surface area contributed by atoms with Crippen LogP contribution < -0.4 is 10.1 Å². The van der Waals surface area contributed by atoms with Gasteiger partial charge in [0.05, 0.1) is 22.8 Å². The van der Waals surface area contributed by atoms with E-state index < -0.39 is 23.4 Å². The number of para-hydroxylation sites is 2. The molecule has 0 radical (unpaired) electrons. The maximum Gasteiger partial charge on any atom is 0.339 e. The maximum absolute atomic E-state index is 12.1. The summed E-state index contributed by atoms with van der Waals surface area (Å²) in [4.78, 5) is 34.5. The number of ether oxygens (including phenoxy) is 2. The van der Waals surface area contributed by atoms with Crippen molar-refractivity contribution < 1.29 is 24.0 Å². The molecule has 0 aromatic heterocycles. The van der Waals surface area contributed by atoms with Crippen LogP contribution in [0.3, 0.4) is 0 Å². The third kappa shape index (κ3) is 4.56. The average molecular weight is 358 g/mol. The monoisotopic (exact) mass is 358 g/mol. The summed E-state index contributed by atoms with van der Waals surface area (Å²) in [5, 5.41) is 13.5. The fraction of sp³-hybridized carbons (Fsp3) is 0.222. The number of nitro groups is 1. The summed E-state index contributed by atoms with van der Waals surface area (Å²) in [6.07, 6.45) is 0. The third-order valence-corrected chi connectivity index (χ3v) is 3.52. The molecule has 0 aliphatic carbocycles. The summed E-state index contributed by atoms with van der Waals surface area (Å²) in [5.41, 5.74) is 0.503. The second kappa shape index (κ2) is 8.61. The standard InChI is InChI=1S/C18H18N2O6/c1-3-25-16-10-5-4-8-14(16)19-17(21)11-26-18(22)13-7-6-9-15(12(13)2)20(23)24/h4-10H,3,11H2,1-2H3,(H,19,21). The Balaban J connectivity index is 2.01. The molecule has 0 aliphatic rings. The zero-order valence-corrected chi connectivity index (χ0v) is 14.4. The summed E-state index contributed by atoms with van der Waals surface area (Å²) in [6.45, 7) is 3.18. The smallest absolute Gasteiger partial charge is 0.339 e. The highest BCUT2D eigenvalue weighted by Gasteiger charge is 2.20. The zero-order valence-electron chi connectivity index (χ0n) is 14.4. The number of benzene rings is 2. The molecule has 26 heavy (non-hydrogen) atoms. The Bertz CT molecular complexity index is 834. The summed E-state index contributed by atoms with van der Waals surface area (Å²) in [5.74, 6) is -0.850. The lowest BCUT2D eigenvalue weighted by molar-refractivity contribution is -0.385. The SMILES string of the molecule is CCOc1ccccc1NC(=O)COC(=O)c1cccc([N+](=O)[O-])c1C. The second-order valence-electron chi connectivity index (χ2n) is 5.26. The van der Waals surface area contributed by atoms with E-state index in [1.807, 2.05) is 6.92 Å². The Hall–Kier alpha value is -3.42. The predicted octanol–water partition coefficient (Wildman–Crippen LogP) is 3.10. The van der Waals surface area contributed by atoms with Gasteiger partial charge in [-0.1, -0.05) is 18.2 Å². The van der Waals surface area contributed by atoms with Gasteiger partial charge in [0.15, 0.2) is 6.61 Å². The number of rotatable bonds is 7. The fourth-order valence-corrected chi connectivity index (χ4v) is 2.29. The van der Waals surface area contributed by atoms with E-state index in [4.69, 9.17) is 9.47 Å². The van der Waals surface area contributed by atoms with Crippen molar-refractivity contribution in [1.29, 1.82) is 0 Å². The van der Waals surface area contributed by atoms with E-state index in [1.165, 1.54) is 25.1 Å². The van der Waals surface area contributed by atoms with Crippen LogP contribution in [0.25, 0.3) is 0 Å². The van der Waals surface area contributed by atoms with E-state index in [1.54, 1.807) is 24.3 Å². The Morgan fingerprint density at radius 2 is 1.88 bits per heavy atom. The normalized spacial score (nSPS) is 10.1. The van der Waals surface area contributed by atoms with Crippen molar-refractivity contribution in [2.24, 2.45) is 0 Å². The fourth-order valence-electron chi connectivity index (χ4n) is 2.29. The molecule has 0 fully saturated rings. The Labute approximate surface area is 149 Å². The molecule has 1 N–H and O–H groups in total. The van der Waals surface area contributed by atoms with E-state index >= 15 is 0 Å². The first-order valence-electron chi connectivity index (χ1n) is 7.86. The molecule has 0 saturated carbocycles. The van der Waals surface area contributed by atoms with Crippen molar-refractivity contribution in [2.75, 3.05) is 18.5 Å². The minimum atomic E-state index is -0.806. The first kappa shape index (κ1) is 18.9. The molecule has 8 heteroatoms. The van der Waals surface area contributed by atoms with Crippen LogP contribution in [0.5, 0.6) is 5.75 Å². The van der Waals surface area contributed by atoms with Gasteiger partial charge in [-0.15, -0.1) is 0 Å². The predicted molar refractivity (Wildman–Crippen MR) is 94.4 cm³/mol. The molecule has 0 saturated heterocycles. The number of nitro benzene ring substituents is 1. The molecular weight excluding hydrogens is 340 g/mol. The molecule has 8 nitrogen and oxygen atoms in total. The molecule has 136 valence electrons. The molecule has 0 atom stereocenters. The second-order valence-corrected chi connectivity index (χ2v) is 5.26. The van der Waals surface area contributed by atoms with Gasteiger partial charge in [0.1, 0.15) is 5.75 Å². The third-order valence-electron chi connectivity index (χ3n) is 3.52. The number of nitrogens with zero attached hydrogens (tertiary/aromatic N) is 1. The molecule has 0 heterocycles. The van der Waals surface area contributed by atoms with Gasteiger partial charge in [0.25, 0.3) is 11.6 Å². The highest BCUT2D eigenvalue weighted by atomic mass is 16.6. The van der Waals surface area contributed by atoms with Crippen molar-refractivity contribution in [3.05, 3.63) is 63.7 Å². The molecular formula is C18H18N2O6. The van der Waals surface area contributed by atoms with Gasteiger partial charge < -0.3 is 14.8 Å². The first-order valence-corrected chi connectivity index (χ1v) is 7.86. The number of carbonyl (C=O) groups is 2. The van der Waals surface area contributed by atoms with Crippen molar-refractivity contribution in [3.8, 4) is 5.75 Å². The van der Waals surface area contributed by atoms with Gasteiger partial charge >= 0.3 is 5.97 Å². The van der Waals surface area contributed by atoms with Gasteiger partial charge in [-0.3, -0.25) is 14.9 Å². The first-order chi connectivity index (χ1) is 12.4. The average Bonchev–Trinajstić information content (AvgIpc) is 2.61. The van der Waals surface area contributed by atoms with E-state index in [9.17, 15) is 19.7 Å². The number of carbonyl (C=O) groups excluding carboxylic acids is 2. The molecule has 0 bridgehead atoms. The van der Waals surface area contributed by atoms with Crippen molar-refractivity contribution in [3.63, 3.8) is 0 Å². The van der Waals surface area contributed by atoms with Crippen LogP contribution in [-0.4, -0.2) is 30.0 Å². The van der Waals surface area contributed by atoms with Gasteiger partial charge in [-0.25, -0.2) is 4.79 Å². The van der Waals surface area contributed by atoms with Crippen LogP contribution in [0.1, 0.15) is 22.8 Å². The van der Waals surface area contributed by atoms with Crippen molar-refractivity contribution in [1.82, 2.24) is 0 Å². The van der Waals surface area contributed by atoms with Crippen LogP contribution in [0.2, 0.25) is 0 Å². The highest BCUT2D eigenvalue weighted by molar-refractivity contribution is 5.97. The van der Waals surface area contributed by atoms with Crippen molar-refractivity contribution >= 4 is 23.3 Å². The molecule has 0 aliphatic heterocycles. The van der Waals surface area contributed by atoms with Crippen LogP contribution in [0, 0.1) is 17.0 Å². The number of amides is 1. The molecule has 1 amide bonds. The van der Waals surface area contributed by atoms with Crippen LogP contribution >= 0.6 is 0 Å². The molecule has 0 spiro atoms. The lowest BCUT2D eigenvalue weighted by Crippen LogP contribution is -2.21. The number of esters is 1. The molecule has 2 aromatic carbocycles. The van der Waals surface area contributed by atoms with Gasteiger partial charge in [0, 0.05) is 11.6 Å². The lowest BCUT2D eigenvalue weighted by Gasteiger charge is -2.11. The van der Waals surface area contributed by atoms with Gasteiger partial charge in [-0.05, 0) is 32.0 Å². The largest absolute Gasteiger partial charge is 0.492 e. The van der Waals surface area contributed by atoms with E-state index in [0.717, 1.165) is 0 Å². The van der Waals surface area contributed by atoms with Crippen LogP contribution in [-0.2, 0) is 9.53 Å². The summed E-state index contributed by atoms with van der Waals surface area (Å²) >= 11 is 0. The minimum absolute atomic E-state index is 0.0433. The lowest BCUT2D eigenvalue weighted by atomic mass is 10.1. The Morgan fingerprint density at radius 1 is 1.15 bits per heavy atom. The van der Waals surface area contributed by atoms with Crippen LogP contribution in [0.15, 0.2) is 42.5 Å². The Morgan fingerprint density at radius 3 is 2.58 bits per heavy atom. The summed E-state index contributed by atoms with van der Waals surface area (Å²) in [7, 11) is 0. The van der Waals surface area contributed by atoms with E-state index in [2.05, 4.69) is 5.32 Å². The van der Waals surface area contributed by atoms with Gasteiger partial charge in [-0.2, -0.15) is 0 Å². The molecule has 0 unspecified atom stereocenters. The highest BCUT2D eigenvalue weighted by Crippen LogP contribution is 2.24. The van der Waals surface area contributed by atoms with Crippen molar-refractivity contribution in [2.45, 2.75) is 13.8 Å².